The first kappa shape index (κ1) is 18.4. The van der Waals surface area contributed by atoms with Crippen LogP contribution in [-0.2, 0) is 0 Å². The Morgan fingerprint density at radius 3 is 2.52 bits per heavy atom. The topological polar surface area (TPSA) is 75.4 Å². The number of nitro groups is 1. The minimum absolute atomic E-state index is 0.0974. The molecule has 3 aliphatic rings. The van der Waals surface area contributed by atoms with Gasteiger partial charge in [0.05, 0.1) is 4.92 Å². The third-order valence-corrected chi connectivity index (χ3v) is 6.73. The lowest BCUT2D eigenvalue weighted by Gasteiger charge is -2.39. The maximum atomic E-state index is 12.1. The van der Waals surface area contributed by atoms with E-state index in [1.54, 1.807) is 0 Å². The summed E-state index contributed by atoms with van der Waals surface area (Å²) in [6, 6.07) is 0.591. The highest BCUT2D eigenvalue weighted by Crippen LogP contribution is 2.54. The van der Waals surface area contributed by atoms with Gasteiger partial charge in [-0.3, -0.25) is 10.1 Å². The molecule has 7 heteroatoms. The molecule has 3 heterocycles. The van der Waals surface area contributed by atoms with Gasteiger partial charge in [-0.25, -0.2) is 9.97 Å². The van der Waals surface area contributed by atoms with Crippen LogP contribution in [0.4, 0.5) is 17.3 Å². The lowest BCUT2D eigenvalue weighted by Crippen LogP contribution is -2.39. The zero-order chi connectivity index (χ0) is 19.4. The number of nitrogens with zero attached hydrogens (tertiary/aromatic N) is 5. The highest BCUT2D eigenvalue weighted by Gasteiger charge is 2.51. The van der Waals surface area contributed by atoms with Crippen LogP contribution in [0.5, 0.6) is 0 Å². The Balaban J connectivity index is 1.76. The van der Waals surface area contributed by atoms with E-state index in [1.807, 2.05) is 0 Å². The number of anilines is 2. The molecule has 148 valence electrons. The SMILES string of the molecule is CC1CCCCN1c1ncnc(N2CC3(C)CC2CC(C)(C)C3)c1[N+](=O)[O-]. The van der Waals surface area contributed by atoms with Gasteiger partial charge in [-0.05, 0) is 56.3 Å². The van der Waals surface area contributed by atoms with Crippen LogP contribution in [0, 0.1) is 20.9 Å². The standard InChI is InChI=1S/C20H31N5O2/c1-14-7-5-6-8-23(14)17-16(25(26)27)18(22-13-21-17)24-12-20(4)10-15(24)9-19(2,3)11-20/h13-15H,5-12H2,1-4H3. The van der Waals surface area contributed by atoms with E-state index in [2.05, 4.69) is 47.5 Å². The summed E-state index contributed by atoms with van der Waals surface area (Å²) in [6.45, 7) is 10.8. The van der Waals surface area contributed by atoms with Crippen LogP contribution in [-0.4, -0.2) is 40.1 Å². The molecule has 27 heavy (non-hydrogen) atoms. The Labute approximate surface area is 161 Å². The average Bonchev–Trinajstić information content (AvgIpc) is 2.83. The molecule has 3 atom stereocenters. The van der Waals surface area contributed by atoms with E-state index in [0.717, 1.165) is 45.2 Å². The van der Waals surface area contributed by atoms with Crippen LogP contribution >= 0.6 is 0 Å². The van der Waals surface area contributed by atoms with Crippen molar-refractivity contribution in [3.05, 3.63) is 16.4 Å². The molecule has 0 aromatic carbocycles. The van der Waals surface area contributed by atoms with Gasteiger partial charge in [-0.15, -0.1) is 0 Å². The first-order valence-corrected chi connectivity index (χ1v) is 10.2. The molecule has 1 aromatic heterocycles. The fourth-order valence-electron chi connectivity index (χ4n) is 6.06. The van der Waals surface area contributed by atoms with Gasteiger partial charge in [-0.1, -0.05) is 20.8 Å². The normalized spacial score (nSPS) is 32.6. The molecule has 7 nitrogen and oxygen atoms in total. The van der Waals surface area contributed by atoms with Crippen LogP contribution in [0.3, 0.4) is 0 Å². The molecule has 3 fully saturated rings. The first-order valence-electron chi connectivity index (χ1n) is 10.2. The van der Waals surface area contributed by atoms with Gasteiger partial charge in [0.2, 0.25) is 11.6 Å². The molecule has 1 aliphatic carbocycles. The molecular formula is C20H31N5O2. The molecule has 1 saturated carbocycles. The first-order chi connectivity index (χ1) is 12.7. The lowest BCUT2D eigenvalue weighted by molar-refractivity contribution is -0.383. The van der Waals surface area contributed by atoms with Gasteiger partial charge in [0.15, 0.2) is 0 Å². The molecule has 3 unspecified atom stereocenters. The van der Waals surface area contributed by atoms with Gasteiger partial charge in [-0.2, -0.15) is 0 Å². The van der Waals surface area contributed by atoms with Crippen LogP contribution in [0.25, 0.3) is 0 Å². The predicted octanol–water partition coefficient (Wildman–Crippen LogP) is 4.17. The monoisotopic (exact) mass is 373 g/mol. The maximum absolute atomic E-state index is 12.1. The van der Waals surface area contributed by atoms with Gasteiger partial charge >= 0.3 is 5.69 Å². The number of hydrogen-bond donors (Lipinski definition) is 0. The molecule has 1 aromatic rings. The Bertz CT molecular complexity index is 752. The third-order valence-electron chi connectivity index (χ3n) is 6.73. The van der Waals surface area contributed by atoms with Crippen molar-refractivity contribution in [2.45, 2.75) is 78.3 Å². The number of aromatic nitrogens is 2. The van der Waals surface area contributed by atoms with Gasteiger partial charge in [0.25, 0.3) is 0 Å². The Hall–Kier alpha value is -1.92. The Morgan fingerprint density at radius 1 is 1.15 bits per heavy atom. The van der Waals surface area contributed by atoms with Crippen molar-refractivity contribution in [1.82, 2.24) is 9.97 Å². The van der Waals surface area contributed by atoms with E-state index < -0.39 is 0 Å². The molecule has 0 N–H and O–H groups in total. The lowest BCUT2D eigenvalue weighted by atomic mass is 9.65. The molecule has 0 radical (unpaired) electrons. The fraction of sp³-hybridized carbons (Fsp3) is 0.800. The van der Waals surface area contributed by atoms with Crippen LogP contribution in [0.1, 0.15) is 66.2 Å². The third kappa shape index (κ3) is 3.25. The summed E-state index contributed by atoms with van der Waals surface area (Å²) in [5.41, 5.74) is 0.558. The van der Waals surface area contributed by atoms with Crippen LogP contribution < -0.4 is 9.80 Å². The number of piperidine rings is 1. The molecule has 2 saturated heterocycles. The quantitative estimate of drug-likeness (QED) is 0.585. The van der Waals surface area contributed by atoms with Crippen molar-refractivity contribution in [2.75, 3.05) is 22.9 Å². The van der Waals surface area contributed by atoms with E-state index >= 15 is 0 Å². The maximum Gasteiger partial charge on any atom is 0.353 e. The van der Waals surface area contributed by atoms with Gasteiger partial charge in [0, 0.05) is 25.2 Å². The Morgan fingerprint density at radius 2 is 1.85 bits per heavy atom. The highest BCUT2D eigenvalue weighted by atomic mass is 16.6. The summed E-state index contributed by atoms with van der Waals surface area (Å²) in [5.74, 6) is 1.03. The average molecular weight is 374 g/mol. The van der Waals surface area contributed by atoms with E-state index in [9.17, 15) is 10.1 Å². The van der Waals surface area contributed by atoms with Gasteiger partial charge < -0.3 is 9.80 Å². The zero-order valence-electron chi connectivity index (χ0n) is 16.9. The van der Waals surface area contributed by atoms with Crippen molar-refractivity contribution in [1.29, 1.82) is 0 Å². The van der Waals surface area contributed by atoms with Crippen LogP contribution in [0.2, 0.25) is 0 Å². The predicted molar refractivity (Wildman–Crippen MR) is 106 cm³/mol. The molecule has 4 rings (SSSR count). The summed E-state index contributed by atoms with van der Waals surface area (Å²) >= 11 is 0. The Kier molecular flexibility index (Phi) is 4.31. The van der Waals surface area contributed by atoms with Crippen molar-refractivity contribution in [2.24, 2.45) is 10.8 Å². The second-order valence-electron chi connectivity index (χ2n) is 10.0. The fourth-order valence-corrected chi connectivity index (χ4v) is 6.06. The van der Waals surface area contributed by atoms with E-state index in [4.69, 9.17) is 0 Å². The molecule has 2 aliphatic heterocycles. The van der Waals surface area contributed by atoms with E-state index in [-0.39, 0.29) is 27.5 Å². The summed E-state index contributed by atoms with van der Waals surface area (Å²) in [5, 5.41) is 12.1. The summed E-state index contributed by atoms with van der Waals surface area (Å²) in [7, 11) is 0. The highest BCUT2D eigenvalue weighted by molar-refractivity contribution is 5.72. The number of rotatable bonds is 3. The largest absolute Gasteiger partial charge is 0.353 e. The van der Waals surface area contributed by atoms with Crippen LogP contribution in [0.15, 0.2) is 6.33 Å². The molecule has 0 amide bonds. The number of hydrogen-bond acceptors (Lipinski definition) is 6. The van der Waals surface area contributed by atoms with Gasteiger partial charge in [0.1, 0.15) is 6.33 Å². The van der Waals surface area contributed by atoms with E-state index in [0.29, 0.717) is 17.7 Å². The molecule has 0 spiro atoms. The van der Waals surface area contributed by atoms with Crippen molar-refractivity contribution in [3.63, 3.8) is 0 Å². The van der Waals surface area contributed by atoms with Crippen molar-refractivity contribution in [3.8, 4) is 0 Å². The van der Waals surface area contributed by atoms with E-state index in [1.165, 1.54) is 12.7 Å². The van der Waals surface area contributed by atoms with Crippen molar-refractivity contribution < 1.29 is 4.92 Å². The summed E-state index contributed by atoms with van der Waals surface area (Å²) in [6.07, 6.45) is 8.10. The number of fused-ring (bicyclic) bond motifs is 2. The molecule has 2 bridgehead atoms. The smallest absolute Gasteiger partial charge is 0.348 e. The second-order valence-corrected chi connectivity index (χ2v) is 10.0. The second kappa shape index (κ2) is 6.31. The summed E-state index contributed by atoms with van der Waals surface area (Å²) < 4.78 is 0. The van der Waals surface area contributed by atoms with Crippen molar-refractivity contribution >= 4 is 17.3 Å². The molecular weight excluding hydrogens is 342 g/mol. The minimum Gasteiger partial charge on any atom is -0.348 e. The minimum atomic E-state index is -0.262. The summed E-state index contributed by atoms with van der Waals surface area (Å²) in [4.78, 5) is 25.0. The zero-order valence-corrected chi connectivity index (χ0v) is 16.9.